The second-order valence-electron chi connectivity index (χ2n) is 4.66. The van der Waals surface area contributed by atoms with Gasteiger partial charge in [0.1, 0.15) is 0 Å². The lowest BCUT2D eigenvalue weighted by atomic mass is 10.2. The first-order valence-electron chi connectivity index (χ1n) is 7.25. The van der Waals surface area contributed by atoms with Crippen LogP contribution < -0.4 is 5.32 Å². The number of hydrogen-bond acceptors (Lipinski definition) is 4. The van der Waals surface area contributed by atoms with Crippen molar-refractivity contribution in [2.45, 2.75) is 20.3 Å². The van der Waals surface area contributed by atoms with Crippen LogP contribution in [0.25, 0.3) is 11.5 Å². The number of aromatic nitrogens is 2. The molecule has 1 N–H and O–H groups in total. The Kier molecular flexibility index (Phi) is 5.77. The van der Waals surface area contributed by atoms with Gasteiger partial charge in [0.2, 0.25) is 11.8 Å². The zero-order valence-electron chi connectivity index (χ0n) is 12.7. The topological polar surface area (TPSA) is 71.3 Å². The zero-order valence-corrected chi connectivity index (χ0v) is 13.4. The van der Waals surface area contributed by atoms with Gasteiger partial charge in [-0.1, -0.05) is 11.6 Å². The fourth-order valence-corrected chi connectivity index (χ4v) is 2.09. The zero-order chi connectivity index (χ0) is 15.9. The number of carbonyl (C=O) groups is 1. The molecule has 0 atom stereocenters. The fourth-order valence-electron chi connectivity index (χ4n) is 1.96. The highest BCUT2D eigenvalue weighted by Crippen LogP contribution is 2.20. The quantitative estimate of drug-likeness (QED) is 0.887. The second-order valence-corrected chi connectivity index (χ2v) is 5.10. The van der Waals surface area contributed by atoms with E-state index in [2.05, 4.69) is 15.5 Å². The highest BCUT2D eigenvalue weighted by molar-refractivity contribution is 6.30. The molecule has 0 radical (unpaired) electrons. The molecular formula is C15H19ClN4O2. The number of carbonyl (C=O) groups excluding carboxylic acids is 1. The molecule has 2 rings (SSSR count). The van der Waals surface area contributed by atoms with Crippen molar-refractivity contribution in [2.24, 2.45) is 0 Å². The Morgan fingerprint density at radius 3 is 2.55 bits per heavy atom. The Morgan fingerprint density at radius 1 is 1.23 bits per heavy atom. The van der Waals surface area contributed by atoms with E-state index in [0.717, 1.165) is 5.56 Å². The Bertz CT molecular complexity index is 608. The summed E-state index contributed by atoms with van der Waals surface area (Å²) in [6.45, 7) is 5.71. The molecule has 0 spiro atoms. The maximum Gasteiger partial charge on any atom is 0.317 e. The average Bonchev–Trinajstić information content (AvgIpc) is 2.98. The van der Waals surface area contributed by atoms with Crippen LogP contribution in [-0.2, 0) is 6.42 Å². The summed E-state index contributed by atoms with van der Waals surface area (Å²) in [6.07, 6.45) is 0.494. The molecule has 0 aliphatic rings. The molecule has 0 bridgehead atoms. The smallest absolute Gasteiger partial charge is 0.317 e. The summed E-state index contributed by atoms with van der Waals surface area (Å²) >= 11 is 5.84. The molecule has 0 aliphatic heterocycles. The molecule has 118 valence electrons. The van der Waals surface area contributed by atoms with Gasteiger partial charge >= 0.3 is 6.03 Å². The molecule has 7 heteroatoms. The van der Waals surface area contributed by atoms with E-state index >= 15 is 0 Å². The van der Waals surface area contributed by atoms with E-state index in [4.69, 9.17) is 16.0 Å². The molecule has 2 aromatic rings. The maximum atomic E-state index is 11.8. The second kappa shape index (κ2) is 7.79. The normalized spacial score (nSPS) is 10.5. The van der Waals surface area contributed by atoms with Gasteiger partial charge in [0.15, 0.2) is 0 Å². The Balaban J connectivity index is 1.87. The lowest BCUT2D eigenvalue weighted by Gasteiger charge is -2.18. The van der Waals surface area contributed by atoms with Crippen LogP contribution in [0, 0.1) is 0 Å². The maximum absolute atomic E-state index is 11.8. The van der Waals surface area contributed by atoms with Crippen LogP contribution in [0.2, 0.25) is 5.02 Å². The van der Waals surface area contributed by atoms with Crippen LogP contribution >= 0.6 is 11.6 Å². The molecule has 0 fully saturated rings. The molecule has 6 nitrogen and oxygen atoms in total. The largest absolute Gasteiger partial charge is 0.421 e. The van der Waals surface area contributed by atoms with Crippen molar-refractivity contribution in [3.63, 3.8) is 0 Å². The Morgan fingerprint density at radius 2 is 1.91 bits per heavy atom. The van der Waals surface area contributed by atoms with E-state index in [-0.39, 0.29) is 6.03 Å². The molecule has 0 saturated carbocycles. The highest BCUT2D eigenvalue weighted by Gasteiger charge is 2.11. The number of amides is 2. The average molecular weight is 323 g/mol. The summed E-state index contributed by atoms with van der Waals surface area (Å²) in [5.74, 6) is 0.937. The van der Waals surface area contributed by atoms with Crippen molar-refractivity contribution in [3.8, 4) is 11.5 Å². The predicted molar refractivity (Wildman–Crippen MR) is 84.8 cm³/mol. The van der Waals surface area contributed by atoms with E-state index < -0.39 is 0 Å². The predicted octanol–water partition coefficient (Wildman–Crippen LogP) is 2.98. The van der Waals surface area contributed by atoms with Crippen LogP contribution in [0.4, 0.5) is 4.79 Å². The highest BCUT2D eigenvalue weighted by atomic mass is 35.5. The minimum atomic E-state index is -0.0811. The molecule has 22 heavy (non-hydrogen) atoms. The summed E-state index contributed by atoms with van der Waals surface area (Å²) in [5, 5.41) is 11.5. The lowest BCUT2D eigenvalue weighted by molar-refractivity contribution is 0.203. The van der Waals surface area contributed by atoms with E-state index in [9.17, 15) is 4.79 Å². The third-order valence-electron chi connectivity index (χ3n) is 3.22. The van der Waals surface area contributed by atoms with Crippen molar-refractivity contribution in [1.82, 2.24) is 20.4 Å². The first-order chi connectivity index (χ1) is 10.6. The number of urea groups is 1. The third-order valence-corrected chi connectivity index (χ3v) is 3.48. The monoisotopic (exact) mass is 322 g/mol. The van der Waals surface area contributed by atoms with Crippen LogP contribution in [0.1, 0.15) is 19.7 Å². The van der Waals surface area contributed by atoms with Crippen molar-refractivity contribution in [3.05, 3.63) is 35.2 Å². The first-order valence-corrected chi connectivity index (χ1v) is 7.63. The molecular weight excluding hydrogens is 304 g/mol. The van der Waals surface area contributed by atoms with Crippen molar-refractivity contribution < 1.29 is 9.21 Å². The van der Waals surface area contributed by atoms with Gasteiger partial charge in [0.25, 0.3) is 0 Å². The molecule has 1 aromatic heterocycles. The van der Waals surface area contributed by atoms with Crippen LogP contribution in [-0.4, -0.2) is 40.8 Å². The van der Waals surface area contributed by atoms with Gasteiger partial charge in [-0.05, 0) is 38.1 Å². The minimum absolute atomic E-state index is 0.0811. The van der Waals surface area contributed by atoms with Crippen molar-refractivity contribution >= 4 is 17.6 Å². The number of rotatable bonds is 6. The van der Waals surface area contributed by atoms with Gasteiger partial charge in [0.05, 0.1) is 0 Å². The number of nitrogens with zero attached hydrogens (tertiary/aromatic N) is 3. The van der Waals surface area contributed by atoms with Crippen LogP contribution in [0.3, 0.4) is 0 Å². The molecule has 0 aliphatic carbocycles. The third kappa shape index (κ3) is 4.21. The lowest BCUT2D eigenvalue weighted by Crippen LogP contribution is -2.40. The van der Waals surface area contributed by atoms with Gasteiger partial charge in [0, 0.05) is 36.6 Å². The molecule has 1 aromatic carbocycles. The summed E-state index contributed by atoms with van der Waals surface area (Å²) in [4.78, 5) is 13.5. The summed E-state index contributed by atoms with van der Waals surface area (Å²) in [6, 6.07) is 7.10. The van der Waals surface area contributed by atoms with Crippen LogP contribution in [0.5, 0.6) is 0 Å². The standard InChI is InChI=1S/C15H19ClN4O2/c1-3-20(4-2)15(21)17-10-9-13-18-19-14(22-13)11-5-7-12(16)8-6-11/h5-8H,3-4,9-10H2,1-2H3,(H,17,21). The van der Waals surface area contributed by atoms with Gasteiger partial charge in [-0.15, -0.1) is 10.2 Å². The molecule has 2 amide bonds. The van der Waals surface area contributed by atoms with E-state index in [1.807, 2.05) is 26.0 Å². The number of benzene rings is 1. The fraction of sp³-hybridized carbons (Fsp3) is 0.400. The summed E-state index contributed by atoms with van der Waals surface area (Å²) < 4.78 is 5.57. The molecule has 0 unspecified atom stereocenters. The first kappa shape index (κ1) is 16.3. The van der Waals surface area contributed by atoms with Gasteiger partial charge in [-0.3, -0.25) is 0 Å². The van der Waals surface area contributed by atoms with Gasteiger partial charge in [-0.25, -0.2) is 4.79 Å². The van der Waals surface area contributed by atoms with Crippen molar-refractivity contribution in [2.75, 3.05) is 19.6 Å². The van der Waals surface area contributed by atoms with E-state index in [1.54, 1.807) is 17.0 Å². The van der Waals surface area contributed by atoms with Crippen LogP contribution in [0.15, 0.2) is 28.7 Å². The number of nitrogens with one attached hydrogen (secondary N) is 1. The molecule has 1 heterocycles. The minimum Gasteiger partial charge on any atom is -0.421 e. The Hall–Kier alpha value is -2.08. The Labute approximate surface area is 134 Å². The van der Waals surface area contributed by atoms with E-state index in [1.165, 1.54) is 0 Å². The van der Waals surface area contributed by atoms with Crippen molar-refractivity contribution in [1.29, 1.82) is 0 Å². The number of hydrogen-bond donors (Lipinski definition) is 1. The summed E-state index contributed by atoms with van der Waals surface area (Å²) in [5.41, 5.74) is 0.815. The van der Waals surface area contributed by atoms with Gasteiger partial charge in [-0.2, -0.15) is 0 Å². The van der Waals surface area contributed by atoms with Gasteiger partial charge < -0.3 is 14.6 Å². The summed E-state index contributed by atoms with van der Waals surface area (Å²) in [7, 11) is 0. The van der Waals surface area contributed by atoms with E-state index in [0.29, 0.717) is 42.9 Å². The SMILES string of the molecule is CCN(CC)C(=O)NCCc1nnc(-c2ccc(Cl)cc2)o1. The number of halogens is 1. The molecule has 0 saturated heterocycles.